The Labute approximate surface area is 429 Å². The summed E-state index contributed by atoms with van der Waals surface area (Å²) < 4.78 is 37.2. The van der Waals surface area contributed by atoms with Gasteiger partial charge in [0, 0.05) is 16.5 Å². The van der Waals surface area contributed by atoms with Crippen molar-refractivity contribution in [2.45, 2.75) is 157 Å². The Balaban J connectivity index is 0.000000296. The number of rotatable bonds is 12. The molecule has 0 heterocycles. The Kier molecular flexibility index (Phi) is 19.1. The maximum atomic E-state index is 6.21. The molecule has 0 unspecified atom stereocenters. The molecule has 0 amide bonds. The van der Waals surface area contributed by atoms with E-state index in [1.807, 2.05) is 72.8 Å². The van der Waals surface area contributed by atoms with Gasteiger partial charge in [-0.1, -0.05) is 197 Å². The molecule has 6 aromatic carbocycles. The topological polar surface area (TPSA) is 55.4 Å². The molecule has 6 rings (SSSR count). The Bertz CT molecular complexity index is 2000. The van der Waals surface area contributed by atoms with Crippen molar-refractivity contribution in [1.29, 1.82) is 0 Å². The van der Waals surface area contributed by atoms with Crippen LogP contribution in [0.1, 0.15) is 158 Å². The van der Waals surface area contributed by atoms with Gasteiger partial charge in [-0.15, -0.1) is 0 Å². The molecule has 0 saturated carbocycles. The van der Waals surface area contributed by atoms with Gasteiger partial charge in [0.05, 0.1) is 0 Å². The van der Waals surface area contributed by atoms with Crippen LogP contribution in [-0.2, 0) is 49.0 Å². The fourth-order valence-electron chi connectivity index (χ4n) is 6.72. The van der Waals surface area contributed by atoms with Crippen LogP contribution in [0.2, 0.25) is 0 Å². The standard InChI is InChI=1S/2C30H39O3P.Ni/c2*1-28(2,3)22-10-16-25(17-11-22)31-34(32-26-18-12-23(13-19-26)29(4,5)6)33-27-20-14-24(15-21-27)30(7,8)9;/h2*10-21H,1-9H3;. The first kappa shape index (κ1) is 57.1. The maximum Gasteiger partial charge on any atom is 0.530 e. The predicted octanol–water partition coefficient (Wildman–Crippen LogP) is 18.7. The van der Waals surface area contributed by atoms with Gasteiger partial charge in [-0.2, -0.15) is 0 Å². The van der Waals surface area contributed by atoms with Crippen LogP contribution in [0, 0.1) is 0 Å². The molecule has 6 aromatic rings. The van der Waals surface area contributed by atoms with Crippen LogP contribution >= 0.6 is 17.2 Å². The fraction of sp³-hybridized carbons (Fsp3) is 0.400. The first-order valence-corrected chi connectivity index (χ1v) is 25.9. The van der Waals surface area contributed by atoms with Gasteiger partial charge in [0.25, 0.3) is 0 Å². The van der Waals surface area contributed by atoms with Crippen LogP contribution in [0.4, 0.5) is 0 Å². The second-order valence-electron chi connectivity index (χ2n) is 23.6. The van der Waals surface area contributed by atoms with E-state index < -0.39 is 17.2 Å². The van der Waals surface area contributed by atoms with Crippen molar-refractivity contribution >= 4 is 17.2 Å². The molecule has 0 aliphatic heterocycles. The molecule has 0 fully saturated rings. The van der Waals surface area contributed by atoms with E-state index in [1.165, 1.54) is 33.4 Å². The quantitative estimate of drug-likeness (QED) is 0.0899. The third kappa shape index (κ3) is 18.0. The molecule has 374 valence electrons. The molecule has 0 N–H and O–H groups in total. The third-order valence-corrected chi connectivity index (χ3v) is 13.6. The van der Waals surface area contributed by atoms with Crippen molar-refractivity contribution in [3.63, 3.8) is 0 Å². The second-order valence-corrected chi connectivity index (χ2v) is 25.6. The van der Waals surface area contributed by atoms with Crippen LogP contribution in [0.25, 0.3) is 0 Å². The largest absolute Gasteiger partial charge is 0.530 e. The van der Waals surface area contributed by atoms with Crippen LogP contribution in [0.3, 0.4) is 0 Å². The normalized spacial score (nSPS) is 12.3. The Morgan fingerprint density at radius 1 is 0.203 bits per heavy atom. The van der Waals surface area contributed by atoms with Crippen LogP contribution in [0.5, 0.6) is 34.5 Å². The van der Waals surface area contributed by atoms with Crippen molar-refractivity contribution in [2.75, 3.05) is 0 Å². The van der Waals surface area contributed by atoms with Crippen molar-refractivity contribution < 1.29 is 43.6 Å². The van der Waals surface area contributed by atoms with E-state index in [1.54, 1.807) is 0 Å². The molecule has 0 radical (unpaired) electrons. The van der Waals surface area contributed by atoms with E-state index in [9.17, 15) is 0 Å². The molecule has 0 spiro atoms. The van der Waals surface area contributed by atoms with Crippen molar-refractivity contribution in [3.8, 4) is 34.5 Å². The zero-order valence-corrected chi connectivity index (χ0v) is 47.3. The molecule has 0 bridgehead atoms. The summed E-state index contributed by atoms with van der Waals surface area (Å²) in [6, 6.07) is 48.9. The van der Waals surface area contributed by atoms with E-state index in [2.05, 4.69) is 197 Å². The average molecular weight is 1020 g/mol. The number of hydrogen-bond acceptors (Lipinski definition) is 6. The average Bonchev–Trinajstić information content (AvgIpc) is 3.23. The first-order valence-electron chi connectivity index (χ1n) is 23.7. The molecule has 0 saturated heterocycles. The Hall–Kier alpha value is -4.53. The van der Waals surface area contributed by atoms with Gasteiger partial charge < -0.3 is 27.1 Å². The molecule has 0 aromatic heterocycles. The van der Waals surface area contributed by atoms with Gasteiger partial charge in [-0.25, -0.2) is 0 Å². The molecular weight excluding hydrogens is 937 g/mol. The molecule has 69 heavy (non-hydrogen) atoms. The van der Waals surface area contributed by atoms with Gasteiger partial charge in [-0.3, -0.25) is 0 Å². The zero-order valence-electron chi connectivity index (χ0n) is 44.5. The second kappa shape index (κ2) is 23.1. The van der Waals surface area contributed by atoms with E-state index in [0.29, 0.717) is 0 Å². The van der Waals surface area contributed by atoms with Crippen molar-refractivity contribution in [2.24, 2.45) is 0 Å². The van der Waals surface area contributed by atoms with Crippen molar-refractivity contribution in [1.82, 2.24) is 0 Å². The molecule has 9 heteroatoms. The summed E-state index contributed by atoms with van der Waals surface area (Å²) in [5, 5.41) is 0. The minimum Gasteiger partial charge on any atom is -0.409 e. The maximum absolute atomic E-state index is 6.21. The zero-order chi connectivity index (χ0) is 50.3. The van der Waals surface area contributed by atoms with Crippen LogP contribution in [-0.4, -0.2) is 0 Å². The van der Waals surface area contributed by atoms with E-state index in [-0.39, 0.29) is 49.0 Å². The Morgan fingerprint density at radius 3 is 0.391 bits per heavy atom. The Morgan fingerprint density at radius 2 is 0.304 bits per heavy atom. The van der Waals surface area contributed by atoms with Gasteiger partial charge in [0.15, 0.2) is 0 Å². The first-order chi connectivity index (χ1) is 31.4. The summed E-state index contributed by atoms with van der Waals surface area (Å²) in [6.07, 6.45) is 0. The number of hydrogen-bond donors (Lipinski definition) is 0. The summed E-state index contributed by atoms with van der Waals surface area (Å²) in [6.45, 7) is 39.6. The summed E-state index contributed by atoms with van der Waals surface area (Å²) >= 11 is 0. The molecule has 0 atom stereocenters. The molecule has 6 nitrogen and oxygen atoms in total. The fourth-order valence-corrected chi connectivity index (χ4v) is 8.71. The third-order valence-electron chi connectivity index (χ3n) is 11.4. The van der Waals surface area contributed by atoms with Gasteiger partial charge in [0.1, 0.15) is 34.5 Å². The molecule has 0 aliphatic carbocycles. The van der Waals surface area contributed by atoms with Crippen molar-refractivity contribution in [3.05, 3.63) is 179 Å². The SMILES string of the molecule is CC(C)(C)c1ccc(OP(Oc2ccc(C(C)(C)C)cc2)Oc2ccc(C(C)(C)C)cc2)cc1.CC(C)(C)c1ccc(OP(Oc2ccc(C(C)(C)C)cc2)Oc2ccc(C(C)(C)C)cc2)cc1.[Ni]. The van der Waals surface area contributed by atoms with Crippen LogP contribution < -0.4 is 27.1 Å². The predicted molar refractivity (Wildman–Crippen MR) is 288 cm³/mol. The summed E-state index contributed by atoms with van der Waals surface area (Å²) in [4.78, 5) is 0. The summed E-state index contributed by atoms with van der Waals surface area (Å²) in [5.74, 6) is 4.32. The van der Waals surface area contributed by atoms with Crippen LogP contribution in [0.15, 0.2) is 146 Å². The smallest absolute Gasteiger partial charge is 0.409 e. The molecular formula is C60H78NiO6P2. The molecule has 0 aliphatic rings. The van der Waals surface area contributed by atoms with Gasteiger partial charge >= 0.3 is 17.2 Å². The monoisotopic (exact) mass is 1010 g/mol. The van der Waals surface area contributed by atoms with Gasteiger partial charge in [-0.05, 0) is 139 Å². The summed E-state index contributed by atoms with van der Waals surface area (Å²) in [7, 11) is -3.41. The van der Waals surface area contributed by atoms with E-state index in [0.717, 1.165) is 34.5 Å². The minimum absolute atomic E-state index is 0. The van der Waals surface area contributed by atoms with E-state index in [4.69, 9.17) is 27.1 Å². The van der Waals surface area contributed by atoms with E-state index >= 15 is 0 Å². The summed E-state index contributed by atoms with van der Waals surface area (Å²) in [5.41, 5.74) is 8.01. The van der Waals surface area contributed by atoms with Gasteiger partial charge in [0.2, 0.25) is 0 Å². The minimum atomic E-state index is -1.70. The number of benzene rings is 6.